The van der Waals surface area contributed by atoms with Gasteiger partial charge in [-0.05, 0) is 55.6 Å². The number of rotatable bonds is 6. The normalized spacial score (nSPS) is 17.2. The van der Waals surface area contributed by atoms with E-state index in [-0.39, 0.29) is 11.6 Å². The Morgan fingerprint density at radius 2 is 2.00 bits per heavy atom. The van der Waals surface area contributed by atoms with Gasteiger partial charge < -0.3 is 16.4 Å². The molecule has 0 saturated carbocycles. The van der Waals surface area contributed by atoms with Crippen molar-refractivity contribution >= 4 is 23.2 Å². The SMILES string of the molecule is CN=C(c1cc(-c2nc(Nc3ccc4c(n3)CCN(C3CCNCC3)C4)ncc2F)ccc1N)C(C)C. The lowest BCUT2D eigenvalue weighted by molar-refractivity contribution is 0.146. The van der Waals surface area contributed by atoms with E-state index in [1.807, 2.05) is 12.1 Å². The first kappa shape index (κ1) is 25.2. The van der Waals surface area contributed by atoms with Crippen LogP contribution in [0.3, 0.4) is 0 Å². The molecule has 4 N–H and O–H groups in total. The molecule has 194 valence electrons. The molecule has 3 aromatic rings. The molecule has 5 rings (SSSR count). The van der Waals surface area contributed by atoms with Crippen LogP contribution in [0.5, 0.6) is 0 Å². The minimum absolute atomic E-state index is 0.178. The molecule has 1 saturated heterocycles. The Morgan fingerprint density at radius 3 is 2.76 bits per heavy atom. The number of anilines is 3. The largest absolute Gasteiger partial charge is 0.398 e. The number of hydrogen-bond acceptors (Lipinski definition) is 8. The molecule has 0 spiro atoms. The standard InChI is InChI=1S/C28H35FN8/c1-17(2)26(31-3)21-14-18(4-6-23(21)30)27-22(29)15-33-28(36-27)35-25-7-5-19-16-37(13-10-24(19)34-25)20-8-11-32-12-9-20/h4-7,14-15,17,20,32H,8-13,16,30H2,1-3H3,(H,33,34,35,36). The van der Waals surface area contributed by atoms with E-state index in [4.69, 9.17) is 10.7 Å². The summed E-state index contributed by atoms with van der Waals surface area (Å²) >= 11 is 0. The first-order chi connectivity index (χ1) is 17.9. The van der Waals surface area contributed by atoms with Crippen LogP contribution < -0.4 is 16.4 Å². The van der Waals surface area contributed by atoms with Crippen molar-refractivity contribution in [1.29, 1.82) is 0 Å². The molecule has 2 aliphatic rings. The quantitative estimate of drug-likeness (QED) is 0.343. The second-order valence-electron chi connectivity index (χ2n) is 10.1. The fourth-order valence-corrected chi connectivity index (χ4v) is 5.35. The van der Waals surface area contributed by atoms with Crippen LogP contribution in [0.2, 0.25) is 0 Å². The number of hydrogen-bond donors (Lipinski definition) is 3. The van der Waals surface area contributed by atoms with Crippen molar-refractivity contribution in [3.8, 4) is 11.3 Å². The lowest BCUT2D eigenvalue weighted by Crippen LogP contribution is -2.45. The van der Waals surface area contributed by atoms with E-state index >= 15 is 0 Å². The highest BCUT2D eigenvalue weighted by Crippen LogP contribution is 2.28. The summed E-state index contributed by atoms with van der Waals surface area (Å²) in [4.78, 5) is 20.5. The highest BCUT2D eigenvalue weighted by Gasteiger charge is 2.25. The maximum atomic E-state index is 14.8. The number of nitrogen functional groups attached to an aromatic ring is 1. The number of nitrogens with two attached hydrogens (primary N) is 1. The van der Waals surface area contributed by atoms with Crippen molar-refractivity contribution < 1.29 is 4.39 Å². The van der Waals surface area contributed by atoms with E-state index in [9.17, 15) is 4.39 Å². The summed E-state index contributed by atoms with van der Waals surface area (Å²) in [5.41, 5.74) is 11.7. The van der Waals surface area contributed by atoms with Gasteiger partial charge in [-0.25, -0.2) is 19.3 Å². The zero-order chi connectivity index (χ0) is 25.9. The van der Waals surface area contributed by atoms with Crippen LogP contribution in [-0.4, -0.2) is 58.3 Å². The van der Waals surface area contributed by atoms with E-state index < -0.39 is 5.82 Å². The van der Waals surface area contributed by atoms with Gasteiger partial charge in [0, 0.05) is 60.8 Å². The summed E-state index contributed by atoms with van der Waals surface area (Å²) in [7, 11) is 1.74. The van der Waals surface area contributed by atoms with Crippen molar-refractivity contribution in [2.24, 2.45) is 10.9 Å². The van der Waals surface area contributed by atoms with E-state index in [1.54, 1.807) is 19.2 Å². The summed E-state index contributed by atoms with van der Waals surface area (Å²) in [5.74, 6) is 0.626. The van der Waals surface area contributed by atoms with Crippen LogP contribution in [0.4, 0.5) is 21.8 Å². The predicted molar refractivity (Wildman–Crippen MR) is 147 cm³/mol. The number of aliphatic imine (C=N–C) groups is 1. The minimum atomic E-state index is -0.503. The maximum absolute atomic E-state index is 14.8. The van der Waals surface area contributed by atoms with Crippen molar-refractivity contribution in [2.75, 3.05) is 37.7 Å². The van der Waals surface area contributed by atoms with Gasteiger partial charge >= 0.3 is 0 Å². The van der Waals surface area contributed by atoms with Crippen LogP contribution >= 0.6 is 0 Å². The van der Waals surface area contributed by atoms with Gasteiger partial charge in [0.1, 0.15) is 11.5 Å². The Hall–Kier alpha value is -3.43. The summed E-state index contributed by atoms with van der Waals surface area (Å²) in [6, 6.07) is 10.1. The lowest BCUT2D eigenvalue weighted by Gasteiger charge is -2.37. The number of aromatic nitrogens is 3. The van der Waals surface area contributed by atoms with E-state index in [1.165, 1.54) is 24.6 Å². The Balaban J connectivity index is 1.36. The second kappa shape index (κ2) is 10.9. The lowest BCUT2D eigenvalue weighted by atomic mass is 9.95. The molecule has 37 heavy (non-hydrogen) atoms. The monoisotopic (exact) mass is 502 g/mol. The number of benzene rings is 1. The van der Waals surface area contributed by atoms with Gasteiger partial charge in [0.25, 0.3) is 0 Å². The Labute approximate surface area is 217 Å². The molecule has 9 heteroatoms. The molecule has 1 fully saturated rings. The van der Waals surface area contributed by atoms with Gasteiger partial charge in [0.2, 0.25) is 5.95 Å². The van der Waals surface area contributed by atoms with Gasteiger partial charge in [-0.3, -0.25) is 9.89 Å². The highest BCUT2D eigenvalue weighted by molar-refractivity contribution is 6.06. The fourth-order valence-electron chi connectivity index (χ4n) is 5.35. The van der Waals surface area contributed by atoms with Crippen molar-refractivity contribution in [3.63, 3.8) is 0 Å². The Kier molecular flexibility index (Phi) is 7.43. The third-order valence-corrected chi connectivity index (χ3v) is 7.28. The summed E-state index contributed by atoms with van der Waals surface area (Å²) in [6.45, 7) is 8.25. The van der Waals surface area contributed by atoms with Crippen LogP contribution in [0.25, 0.3) is 11.3 Å². The molecule has 8 nitrogen and oxygen atoms in total. The second-order valence-corrected chi connectivity index (χ2v) is 10.1. The van der Waals surface area contributed by atoms with Gasteiger partial charge in [-0.1, -0.05) is 26.0 Å². The van der Waals surface area contributed by atoms with Gasteiger partial charge in [-0.2, -0.15) is 0 Å². The number of fused-ring (bicyclic) bond motifs is 1. The molecule has 0 bridgehead atoms. The fraction of sp³-hybridized carbons (Fsp3) is 0.429. The molecule has 1 aromatic carbocycles. The van der Waals surface area contributed by atoms with Crippen molar-refractivity contribution in [3.05, 3.63) is 59.2 Å². The molecule has 0 radical (unpaired) electrons. The number of nitrogens with zero attached hydrogens (tertiary/aromatic N) is 5. The smallest absolute Gasteiger partial charge is 0.229 e. The number of halogens is 1. The average molecular weight is 503 g/mol. The minimum Gasteiger partial charge on any atom is -0.398 e. The summed E-state index contributed by atoms with van der Waals surface area (Å²) < 4.78 is 14.8. The molecule has 0 atom stereocenters. The van der Waals surface area contributed by atoms with Gasteiger partial charge in [0.05, 0.1) is 6.20 Å². The molecule has 0 unspecified atom stereocenters. The van der Waals surface area contributed by atoms with Crippen LogP contribution in [-0.2, 0) is 13.0 Å². The van der Waals surface area contributed by atoms with E-state index in [0.29, 0.717) is 29.1 Å². The Bertz CT molecular complexity index is 1300. The van der Waals surface area contributed by atoms with Crippen molar-refractivity contribution in [2.45, 2.75) is 45.7 Å². The first-order valence-corrected chi connectivity index (χ1v) is 13.0. The topological polar surface area (TPSA) is 104 Å². The van der Waals surface area contributed by atoms with Gasteiger partial charge in [0.15, 0.2) is 5.82 Å². The molecular weight excluding hydrogens is 467 g/mol. The molecule has 2 aromatic heterocycles. The van der Waals surface area contributed by atoms with Crippen LogP contribution in [0, 0.1) is 11.7 Å². The molecule has 0 aliphatic carbocycles. The van der Waals surface area contributed by atoms with E-state index in [2.05, 4.69) is 50.4 Å². The molecule has 2 aliphatic heterocycles. The third-order valence-electron chi connectivity index (χ3n) is 7.28. The molecule has 4 heterocycles. The predicted octanol–water partition coefficient (Wildman–Crippen LogP) is 4.19. The number of pyridine rings is 1. The third kappa shape index (κ3) is 5.47. The first-order valence-electron chi connectivity index (χ1n) is 13.0. The summed E-state index contributed by atoms with van der Waals surface area (Å²) in [5, 5.41) is 6.62. The average Bonchev–Trinajstić information content (AvgIpc) is 2.91. The van der Waals surface area contributed by atoms with Gasteiger partial charge in [-0.15, -0.1) is 0 Å². The zero-order valence-electron chi connectivity index (χ0n) is 21.8. The van der Waals surface area contributed by atoms with Crippen LogP contribution in [0.15, 0.2) is 41.5 Å². The molecule has 0 amide bonds. The van der Waals surface area contributed by atoms with E-state index in [0.717, 1.165) is 49.6 Å². The summed E-state index contributed by atoms with van der Waals surface area (Å²) in [6.07, 6.45) is 4.50. The number of nitrogens with one attached hydrogen (secondary N) is 2. The zero-order valence-corrected chi connectivity index (χ0v) is 21.8. The van der Waals surface area contributed by atoms with Crippen LogP contribution in [0.1, 0.15) is 43.5 Å². The molecular formula is C28H35FN8. The Morgan fingerprint density at radius 1 is 1.19 bits per heavy atom. The highest BCUT2D eigenvalue weighted by atomic mass is 19.1. The van der Waals surface area contributed by atoms with Crippen molar-refractivity contribution in [1.82, 2.24) is 25.2 Å². The maximum Gasteiger partial charge on any atom is 0.229 e. The number of piperidine rings is 1.